The van der Waals surface area contributed by atoms with E-state index < -0.39 is 6.04 Å². The quantitative estimate of drug-likeness (QED) is 0.326. The minimum absolute atomic E-state index is 0.168. The molecule has 0 saturated heterocycles. The molecule has 0 N–H and O–H groups in total. The van der Waals surface area contributed by atoms with Crippen LogP contribution in [0.1, 0.15) is 37.8 Å². The highest BCUT2D eigenvalue weighted by molar-refractivity contribution is 7.84. The van der Waals surface area contributed by atoms with Crippen LogP contribution in [0, 0.1) is 5.92 Å². The topological polar surface area (TPSA) is 55.8 Å². The summed E-state index contributed by atoms with van der Waals surface area (Å²) in [5.74, 6) is 0.0330. The van der Waals surface area contributed by atoms with Crippen LogP contribution in [0.5, 0.6) is 0 Å². The van der Waals surface area contributed by atoms with Gasteiger partial charge < -0.3 is 9.47 Å². The highest BCUT2D eigenvalue weighted by Gasteiger charge is 2.32. The number of benzene rings is 1. The Hall–Kier alpha value is -2.28. The lowest BCUT2D eigenvalue weighted by Crippen LogP contribution is -2.39. The second kappa shape index (κ2) is 11.5. The van der Waals surface area contributed by atoms with Gasteiger partial charge in [-0.05, 0) is 53.9 Å². The molecule has 32 heavy (non-hydrogen) atoms. The molecule has 0 spiro atoms. The fraction of sp³-hybridized carbons (Fsp3) is 0.360. The Bertz CT molecular complexity index is 982. The van der Waals surface area contributed by atoms with Crippen molar-refractivity contribution < 1.29 is 19.1 Å². The van der Waals surface area contributed by atoms with Crippen molar-refractivity contribution >= 4 is 36.2 Å². The highest BCUT2D eigenvalue weighted by Crippen LogP contribution is 2.33. The largest absolute Gasteiger partial charge is 0.468 e. The van der Waals surface area contributed by atoms with E-state index in [-0.39, 0.29) is 17.9 Å². The number of esters is 2. The number of thiol groups is 1. The summed E-state index contributed by atoms with van der Waals surface area (Å²) in [6.45, 7) is 2.84. The summed E-state index contributed by atoms with van der Waals surface area (Å²) in [4.78, 5) is 27.9. The first-order valence-electron chi connectivity index (χ1n) is 10.6. The van der Waals surface area contributed by atoms with E-state index in [9.17, 15) is 9.59 Å². The average molecular weight is 474 g/mol. The number of carbonyl (C=O) groups is 2. The SMILES string of the molecule is COC(=O)[C@H](c1ccccc1Cl)N1CCC(S)=C(/C=C(\C)OC(=O)CC2C=CC=CC2)C1. The Labute approximate surface area is 199 Å². The number of methoxy groups -OCH3 is 1. The van der Waals surface area contributed by atoms with Crippen LogP contribution in [-0.4, -0.2) is 37.0 Å². The minimum Gasteiger partial charge on any atom is -0.468 e. The van der Waals surface area contributed by atoms with Crippen molar-refractivity contribution in [1.29, 1.82) is 0 Å². The summed E-state index contributed by atoms with van der Waals surface area (Å²) in [5, 5.41) is 0.511. The molecule has 0 amide bonds. The molecule has 170 valence electrons. The molecule has 1 aliphatic carbocycles. The molecule has 1 aromatic carbocycles. The summed E-state index contributed by atoms with van der Waals surface area (Å²) in [6, 6.07) is 6.64. The van der Waals surface area contributed by atoms with Crippen molar-refractivity contribution in [1.82, 2.24) is 4.90 Å². The van der Waals surface area contributed by atoms with Gasteiger partial charge in [0.25, 0.3) is 0 Å². The predicted molar refractivity (Wildman–Crippen MR) is 129 cm³/mol. The van der Waals surface area contributed by atoms with E-state index in [0.29, 0.717) is 42.3 Å². The summed E-state index contributed by atoms with van der Waals surface area (Å²) >= 11 is 11.0. The molecule has 3 rings (SSSR count). The Morgan fingerprint density at radius 1 is 1.31 bits per heavy atom. The van der Waals surface area contributed by atoms with Crippen molar-refractivity contribution in [3.05, 3.63) is 81.5 Å². The van der Waals surface area contributed by atoms with E-state index >= 15 is 0 Å². The zero-order valence-corrected chi connectivity index (χ0v) is 19.9. The van der Waals surface area contributed by atoms with Gasteiger partial charge >= 0.3 is 11.9 Å². The minimum atomic E-state index is -0.632. The van der Waals surface area contributed by atoms with Crippen LogP contribution in [0.25, 0.3) is 0 Å². The van der Waals surface area contributed by atoms with Gasteiger partial charge in [0.1, 0.15) is 11.8 Å². The first-order chi connectivity index (χ1) is 15.4. The molecular weight excluding hydrogens is 446 g/mol. The Kier molecular flexibility index (Phi) is 8.79. The van der Waals surface area contributed by atoms with E-state index in [4.69, 9.17) is 21.1 Å². The smallest absolute Gasteiger partial charge is 0.327 e. The Balaban J connectivity index is 1.72. The van der Waals surface area contributed by atoms with Crippen molar-refractivity contribution in [2.75, 3.05) is 20.2 Å². The number of carbonyl (C=O) groups excluding carboxylic acids is 2. The molecule has 0 aromatic heterocycles. The van der Waals surface area contributed by atoms with Crippen LogP contribution >= 0.6 is 24.2 Å². The monoisotopic (exact) mass is 473 g/mol. The number of hydrogen-bond donors (Lipinski definition) is 1. The maximum atomic E-state index is 12.7. The standard InChI is InChI=1S/C25H28ClNO4S/c1-17(31-23(28)15-18-8-4-3-5-9-18)14-19-16-27(13-12-22(19)32)24(25(29)30-2)20-10-6-7-11-21(20)26/h3-8,10-11,14,18,24,32H,9,12-13,15-16H2,1-2H3/b17-14+/t18?,24-/m0/s1. The third-order valence-electron chi connectivity index (χ3n) is 5.52. The van der Waals surface area contributed by atoms with Gasteiger partial charge in [-0.25, -0.2) is 4.79 Å². The van der Waals surface area contributed by atoms with E-state index in [1.165, 1.54) is 7.11 Å². The van der Waals surface area contributed by atoms with Crippen LogP contribution in [-0.2, 0) is 19.1 Å². The summed E-state index contributed by atoms with van der Waals surface area (Å²) in [5.41, 5.74) is 1.59. The van der Waals surface area contributed by atoms with Crippen LogP contribution in [0.3, 0.4) is 0 Å². The van der Waals surface area contributed by atoms with Gasteiger partial charge in [0.05, 0.1) is 13.5 Å². The fourth-order valence-corrected chi connectivity index (χ4v) is 4.40. The van der Waals surface area contributed by atoms with Crippen molar-refractivity contribution in [3.63, 3.8) is 0 Å². The lowest BCUT2D eigenvalue weighted by molar-refractivity contribution is -0.147. The van der Waals surface area contributed by atoms with E-state index in [2.05, 4.69) is 12.6 Å². The van der Waals surface area contributed by atoms with E-state index in [1.807, 2.05) is 53.5 Å². The van der Waals surface area contributed by atoms with Crippen molar-refractivity contribution in [3.8, 4) is 0 Å². The number of allylic oxidation sites excluding steroid dienone is 5. The molecule has 5 nitrogen and oxygen atoms in total. The van der Waals surface area contributed by atoms with E-state index in [1.54, 1.807) is 13.0 Å². The molecule has 0 radical (unpaired) electrons. The van der Waals surface area contributed by atoms with Crippen LogP contribution in [0.15, 0.2) is 70.9 Å². The lowest BCUT2D eigenvalue weighted by Gasteiger charge is -2.34. The molecule has 2 atom stereocenters. The zero-order valence-electron chi connectivity index (χ0n) is 18.3. The number of nitrogens with zero attached hydrogens (tertiary/aromatic N) is 1. The second-order valence-electron chi connectivity index (χ2n) is 7.88. The highest BCUT2D eigenvalue weighted by atomic mass is 35.5. The summed E-state index contributed by atoms with van der Waals surface area (Å²) < 4.78 is 10.6. The predicted octanol–water partition coefficient (Wildman–Crippen LogP) is 5.41. The molecular formula is C25H28ClNO4S. The summed E-state index contributed by atoms with van der Waals surface area (Å²) in [7, 11) is 1.37. The normalized spacial score (nSPS) is 20.2. The van der Waals surface area contributed by atoms with Gasteiger partial charge in [-0.1, -0.05) is 54.1 Å². The second-order valence-corrected chi connectivity index (χ2v) is 8.83. The first-order valence-corrected chi connectivity index (χ1v) is 11.4. The third-order valence-corrected chi connectivity index (χ3v) is 6.37. The molecule has 1 heterocycles. The summed E-state index contributed by atoms with van der Waals surface area (Å²) in [6.07, 6.45) is 11.7. The van der Waals surface area contributed by atoms with E-state index in [0.717, 1.165) is 16.9 Å². The molecule has 2 aliphatic rings. The third kappa shape index (κ3) is 6.37. The average Bonchev–Trinajstić information content (AvgIpc) is 2.77. The number of ether oxygens (including phenoxy) is 2. The maximum absolute atomic E-state index is 12.7. The molecule has 1 aromatic rings. The van der Waals surface area contributed by atoms with Gasteiger partial charge in [-0.2, -0.15) is 0 Å². The number of hydrogen-bond acceptors (Lipinski definition) is 6. The molecule has 0 bridgehead atoms. The number of halogens is 1. The fourth-order valence-electron chi connectivity index (χ4n) is 3.92. The number of rotatable bonds is 7. The molecule has 1 aliphatic heterocycles. The van der Waals surface area contributed by atoms with Gasteiger partial charge in [-0.15, -0.1) is 12.6 Å². The van der Waals surface area contributed by atoms with Crippen LogP contribution in [0.4, 0.5) is 0 Å². The zero-order chi connectivity index (χ0) is 23.1. The molecule has 0 saturated carbocycles. The van der Waals surface area contributed by atoms with Crippen molar-refractivity contribution in [2.45, 2.75) is 32.2 Å². The van der Waals surface area contributed by atoms with Gasteiger partial charge in [0.15, 0.2) is 0 Å². The Morgan fingerprint density at radius 2 is 2.09 bits per heavy atom. The van der Waals surface area contributed by atoms with Crippen molar-refractivity contribution in [2.24, 2.45) is 5.92 Å². The first kappa shape index (κ1) is 24.4. The van der Waals surface area contributed by atoms with Gasteiger partial charge in [0.2, 0.25) is 0 Å². The molecule has 1 unspecified atom stereocenters. The van der Waals surface area contributed by atoms with Gasteiger partial charge in [-0.3, -0.25) is 9.69 Å². The molecule has 7 heteroatoms. The van der Waals surface area contributed by atoms with Crippen LogP contribution < -0.4 is 0 Å². The molecule has 0 fully saturated rings. The lowest BCUT2D eigenvalue weighted by atomic mass is 9.97. The Morgan fingerprint density at radius 3 is 2.78 bits per heavy atom. The van der Waals surface area contributed by atoms with Gasteiger partial charge in [0, 0.05) is 18.1 Å². The van der Waals surface area contributed by atoms with Crippen LogP contribution in [0.2, 0.25) is 5.02 Å². The maximum Gasteiger partial charge on any atom is 0.327 e.